The molecule has 2 aromatic carbocycles. The lowest BCUT2D eigenvalue weighted by Gasteiger charge is -2.37. The van der Waals surface area contributed by atoms with Crippen LogP contribution < -0.4 is 15.1 Å². The van der Waals surface area contributed by atoms with Crippen molar-refractivity contribution in [3.8, 4) is 11.1 Å². The van der Waals surface area contributed by atoms with Crippen molar-refractivity contribution in [1.29, 1.82) is 0 Å². The standard InChI is InChI=1S/C32H33N5O2/c1-22-19-23(2)33-29(20-22)36-17-15-35(16-18-36)26-12-10-25(11-13-26)34-32(39)31(38)30-28(24-7-4-3-5-8-24)21-27-9-6-14-37(27)30/h3-5,7-8,10-13,19-21H,6,9,14-18H2,1-2H3,(H,34,39). The summed E-state index contributed by atoms with van der Waals surface area (Å²) < 4.78 is 2.01. The third-order valence-corrected chi connectivity index (χ3v) is 7.68. The highest BCUT2D eigenvalue weighted by Crippen LogP contribution is 2.32. The molecule has 1 N–H and O–H groups in total. The number of nitrogens with one attached hydrogen (secondary N) is 1. The normalized spacial score (nSPS) is 14.8. The predicted octanol–water partition coefficient (Wildman–Crippen LogP) is 5.26. The number of aromatic nitrogens is 2. The van der Waals surface area contributed by atoms with Gasteiger partial charge in [0.05, 0.1) is 0 Å². The van der Waals surface area contributed by atoms with Crippen molar-refractivity contribution in [1.82, 2.24) is 9.55 Å². The zero-order valence-corrected chi connectivity index (χ0v) is 22.5. The molecule has 198 valence electrons. The highest BCUT2D eigenvalue weighted by atomic mass is 16.2. The average molecular weight is 520 g/mol. The molecular formula is C32H33N5O2. The molecule has 0 bridgehead atoms. The van der Waals surface area contributed by atoms with Crippen LogP contribution in [0.25, 0.3) is 11.1 Å². The summed E-state index contributed by atoms with van der Waals surface area (Å²) in [5, 5.41) is 2.83. The van der Waals surface area contributed by atoms with Crippen LogP contribution in [0, 0.1) is 13.8 Å². The molecule has 2 aliphatic heterocycles. The van der Waals surface area contributed by atoms with E-state index in [1.807, 2.05) is 66.1 Å². The number of hydrogen-bond donors (Lipinski definition) is 1. The molecule has 1 amide bonds. The molecule has 6 rings (SSSR count). The maximum absolute atomic E-state index is 13.4. The van der Waals surface area contributed by atoms with Gasteiger partial charge in [0.2, 0.25) is 0 Å². The molecule has 4 heterocycles. The lowest BCUT2D eigenvalue weighted by Crippen LogP contribution is -2.46. The van der Waals surface area contributed by atoms with Crippen molar-refractivity contribution in [3.05, 3.63) is 95.4 Å². The van der Waals surface area contributed by atoms with Gasteiger partial charge >= 0.3 is 0 Å². The molecule has 39 heavy (non-hydrogen) atoms. The van der Waals surface area contributed by atoms with Crippen LogP contribution in [0.3, 0.4) is 0 Å². The van der Waals surface area contributed by atoms with E-state index in [2.05, 4.69) is 40.2 Å². The fraction of sp³-hybridized carbons (Fsp3) is 0.281. The first-order valence-electron chi connectivity index (χ1n) is 13.6. The summed E-state index contributed by atoms with van der Waals surface area (Å²) in [6.45, 7) is 8.48. The average Bonchev–Trinajstić information content (AvgIpc) is 3.55. The van der Waals surface area contributed by atoms with Crippen molar-refractivity contribution in [2.75, 3.05) is 41.3 Å². The van der Waals surface area contributed by atoms with Crippen LogP contribution in [0.4, 0.5) is 17.2 Å². The van der Waals surface area contributed by atoms with E-state index in [0.29, 0.717) is 11.4 Å². The summed E-state index contributed by atoms with van der Waals surface area (Å²) in [5.41, 5.74) is 7.37. The van der Waals surface area contributed by atoms with Crippen molar-refractivity contribution >= 4 is 28.9 Å². The molecule has 2 aromatic heterocycles. The number of pyridine rings is 1. The van der Waals surface area contributed by atoms with Gasteiger partial charge in [-0.1, -0.05) is 30.3 Å². The zero-order valence-electron chi connectivity index (χ0n) is 22.5. The quantitative estimate of drug-likeness (QED) is 0.278. The Bertz CT molecular complexity index is 1500. The highest BCUT2D eigenvalue weighted by Gasteiger charge is 2.29. The van der Waals surface area contributed by atoms with Crippen LogP contribution in [0.2, 0.25) is 0 Å². The first-order valence-corrected chi connectivity index (χ1v) is 13.6. The number of nitrogens with zero attached hydrogens (tertiary/aromatic N) is 4. The number of carbonyl (C=O) groups excluding carboxylic acids is 2. The lowest BCUT2D eigenvalue weighted by molar-refractivity contribution is -0.112. The van der Waals surface area contributed by atoms with Crippen LogP contribution >= 0.6 is 0 Å². The Morgan fingerprint density at radius 3 is 2.26 bits per heavy atom. The van der Waals surface area contributed by atoms with E-state index in [1.165, 1.54) is 5.56 Å². The number of carbonyl (C=O) groups is 2. The summed E-state index contributed by atoms with van der Waals surface area (Å²) in [4.78, 5) is 35.9. The Morgan fingerprint density at radius 2 is 1.54 bits per heavy atom. The van der Waals surface area contributed by atoms with Crippen LogP contribution in [0.5, 0.6) is 0 Å². The van der Waals surface area contributed by atoms with Gasteiger partial charge < -0.3 is 19.7 Å². The minimum atomic E-state index is -0.609. The van der Waals surface area contributed by atoms with Crippen LogP contribution in [0.15, 0.2) is 72.8 Å². The lowest BCUT2D eigenvalue weighted by atomic mass is 10.0. The van der Waals surface area contributed by atoms with Crippen LogP contribution in [0.1, 0.15) is 33.9 Å². The first kappa shape index (κ1) is 24.9. The molecule has 2 aliphatic rings. The van der Waals surface area contributed by atoms with E-state index < -0.39 is 11.7 Å². The number of benzene rings is 2. The number of aryl methyl sites for hydroxylation is 3. The molecule has 0 atom stereocenters. The van der Waals surface area contributed by atoms with Gasteiger partial charge in [-0.05, 0) is 80.3 Å². The fourth-order valence-electron chi connectivity index (χ4n) is 5.79. The number of anilines is 3. The number of amides is 1. The van der Waals surface area contributed by atoms with E-state index in [9.17, 15) is 9.59 Å². The third-order valence-electron chi connectivity index (χ3n) is 7.68. The van der Waals surface area contributed by atoms with Gasteiger partial charge in [0.15, 0.2) is 0 Å². The number of piperazine rings is 1. The number of rotatable bonds is 6. The number of hydrogen-bond acceptors (Lipinski definition) is 5. The van der Waals surface area contributed by atoms with E-state index in [0.717, 1.165) is 79.6 Å². The summed E-state index contributed by atoms with van der Waals surface area (Å²) in [7, 11) is 0. The summed E-state index contributed by atoms with van der Waals surface area (Å²) in [5.74, 6) is -0.0663. The third kappa shape index (κ3) is 5.04. The Balaban J connectivity index is 1.12. The molecule has 7 nitrogen and oxygen atoms in total. The fourth-order valence-corrected chi connectivity index (χ4v) is 5.79. The van der Waals surface area contributed by atoms with Crippen molar-refractivity contribution in [2.45, 2.75) is 33.2 Å². The Labute approximate surface area is 229 Å². The molecule has 4 aromatic rings. The molecule has 1 saturated heterocycles. The smallest absolute Gasteiger partial charge is 0.298 e. The highest BCUT2D eigenvalue weighted by molar-refractivity contribution is 6.47. The van der Waals surface area contributed by atoms with Gasteiger partial charge in [-0.2, -0.15) is 0 Å². The number of Topliss-reactive ketones (excluding diaryl/α,β-unsaturated/α-hetero) is 1. The van der Waals surface area contributed by atoms with Crippen molar-refractivity contribution < 1.29 is 9.59 Å². The molecule has 7 heteroatoms. The molecule has 1 fully saturated rings. The van der Waals surface area contributed by atoms with Crippen LogP contribution in [-0.2, 0) is 17.8 Å². The van der Waals surface area contributed by atoms with Gasteiger partial charge in [-0.3, -0.25) is 9.59 Å². The van der Waals surface area contributed by atoms with E-state index in [4.69, 9.17) is 4.98 Å². The molecule has 0 unspecified atom stereocenters. The van der Waals surface area contributed by atoms with Crippen molar-refractivity contribution in [3.63, 3.8) is 0 Å². The summed E-state index contributed by atoms with van der Waals surface area (Å²) in [6.07, 6.45) is 1.91. The largest absolute Gasteiger partial charge is 0.368 e. The van der Waals surface area contributed by atoms with Gasteiger partial charge in [0, 0.05) is 61.0 Å². The Kier molecular flexibility index (Phi) is 6.65. The van der Waals surface area contributed by atoms with Gasteiger partial charge in [0.25, 0.3) is 11.7 Å². The molecule has 0 aliphatic carbocycles. The predicted molar refractivity (Wildman–Crippen MR) is 156 cm³/mol. The zero-order chi connectivity index (χ0) is 26.9. The number of fused-ring (bicyclic) bond motifs is 1. The summed E-state index contributed by atoms with van der Waals surface area (Å²) in [6, 6.07) is 23.9. The second kappa shape index (κ2) is 10.4. The maximum Gasteiger partial charge on any atom is 0.298 e. The van der Waals surface area contributed by atoms with Crippen LogP contribution in [-0.4, -0.2) is 47.4 Å². The molecule has 0 saturated carbocycles. The maximum atomic E-state index is 13.4. The van der Waals surface area contributed by atoms with Gasteiger partial charge in [-0.15, -0.1) is 0 Å². The Morgan fingerprint density at radius 1 is 0.821 bits per heavy atom. The second-order valence-electron chi connectivity index (χ2n) is 10.5. The van der Waals surface area contributed by atoms with E-state index in [-0.39, 0.29) is 0 Å². The molecule has 0 radical (unpaired) electrons. The topological polar surface area (TPSA) is 70.5 Å². The van der Waals surface area contributed by atoms with E-state index >= 15 is 0 Å². The second-order valence-corrected chi connectivity index (χ2v) is 10.5. The van der Waals surface area contributed by atoms with Gasteiger partial charge in [-0.25, -0.2) is 4.98 Å². The minimum Gasteiger partial charge on any atom is -0.368 e. The van der Waals surface area contributed by atoms with E-state index in [1.54, 1.807) is 0 Å². The summed E-state index contributed by atoms with van der Waals surface area (Å²) >= 11 is 0. The number of ketones is 1. The Hall–Kier alpha value is -4.39. The SMILES string of the molecule is Cc1cc(C)nc(N2CCN(c3ccc(NC(=O)C(=O)c4c(-c5ccccc5)cc5n4CCC5)cc3)CC2)c1. The molecule has 0 spiro atoms. The monoisotopic (exact) mass is 519 g/mol. The molecular weight excluding hydrogens is 486 g/mol. The van der Waals surface area contributed by atoms with Gasteiger partial charge in [0.1, 0.15) is 11.5 Å². The minimum absolute atomic E-state index is 0.485. The van der Waals surface area contributed by atoms with Crippen molar-refractivity contribution in [2.24, 2.45) is 0 Å². The first-order chi connectivity index (χ1) is 19.0.